The first-order chi connectivity index (χ1) is 13.7. The molecule has 1 nitrogen and oxygen atoms in total. The topological polar surface area (TPSA) is 12.9 Å². The van der Waals surface area contributed by atoms with Gasteiger partial charge in [-0.1, -0.05) is 106 Å². The second kappa shape index (κ2) is 12.0. The Morgan fingerprint density at radius 2 is 1.59 bits per heavy atom. The third-order valence-corrected chi connectivity index (χ3v) is 4.74. The van der Waals surface area contributed by atoms with Gasteiger partial charge in [0.1, 0.15) is 0 Å². The summed E-state index contributed by atoms with van der Waals surface area (Å²) in [5.74, 6) is 0. The summed E-state index contributed by atoms with van der Waals surface area (Å²) in [4.78, 5) is 4.85. The molecule has 1 aromatic carbocycles. The average molecular weight is 388 g/mol. The van der Waals surface area contributed by atoms with Crippen molar-refractivity contribution in [3.05, 3.63) is 102 Å². The molecule has 0 amide bonds. The Labute approximate surface area is 178 Å². The van der Waals surface area contributed by atoms with E-state index >= 15 is 0 Å². The van der Waals surface area contributed by atoms with Crippen molar-refractivity contribution in [2.75, 3.05) is 0 Å². The highest BCUT2D eigenvalue weighted by atomic mass is 14.7. The summed E-state index contributed by atoms with van der Waals surface area (Å²) in [5.41, 5.74) is 6.95. The van der Waals surface area contributed by atoms with E-state index in [0.717, 1.165) is 23.4 Å². The van der Waals surface area contributed by atoms with Crippen LogP contribution in [0.4, 0.5) is 0 Å². The molecule has 0 atom stereocenters. The SMILES string of the molecule is C=C(c1cccc(C(/C=C\C=C/C)=C(C)CC)n1)C(C)(C)C.Cc1ccccc1. The Kier molecular flexibility index (Phi) is 10.1. The van der Waals surface area contributed by atoms with E-state index in [2.05, 4.69) is 84.5 Å². The lowest BCUT2D eigenvalue weighted by atomic mass is 9.85. The average Bonchev–Trinajstić information content (AvgIpc) is 2.70. The van der Waals surface area contributed by atoms with E-state index in [1.165, 1.54) is 16.7 Å². The first-order valence-electron chi connectivity index (χ1n) is 10.4. The molecule has 0 unspecified atom stereocenters. The number of rotatable bonds is 5. The molecule has 0 aliphatic heterocycles. The van der Waals surface area contributed by atoms with Gasteiger partial charge in [0, 0.05) is 0 Å². The summed E-state index contributed by atoms with van der Waals surface area (Å²) in [6.45, 7) is 19.2. The van der Waals surface area contributed by atoms with Gasteiger partial charge < -0.3 is 0 Å². The number of pyridine rings is 1. The highest BCUT2D eigenvalue weighted by Gasteiger charge is 2.18. The van der Waals surface area contributed by atoms with Gasteiger partial charge in [-0.2, -0.15) is 0 Å². The highest BCUT2D eigenvalue weighted by Crippen LogP contribution is 2.32. The van der Waals surface area contributed by atoms with Gasteiger partial charge in [-0.3, -0.25) is 0 Å². The molecule has 0 aliphatic rings. The molecule has 1 heterocycles. The molecule has 0 aliphatic carbocycles. The summed E-state index contributed by atoms with van der Waals surface area (Å²) in [5, 5.41) is 0. The van der Waals surface area contributed by atoms with Crippen LogP contribution in [0, 0.1) is 12.3 Å². The van der Waals surface area contributed by atoms with E-state index < -0.39 is 0 Å². The summed E-state index contributed by atoms with van der Waals surface area (Å²) in [6, 6.07) is 16.5. The Morgan fingerprint density at radius 1 is 0.966 bits per heavy atom. The van der Waals surface area contributed by atoms with Gasteiger partial charge in [0.25, 0.3) is 0 Å². The lowest BCUT2D eigenvalue weighted by Crippen LogP contribution is -2.09. The first kappa shape index (κ1) is 24.4. The fraction of sp³-hybridized carbons (Fsp3) is 0.321. The molecule has 1 heteroatoms. The van der Waals surface area contributed by atoms with Crippen molar-refractivity contribution < 1.29 is 0 Å². The van der Waals surface area contributed by atoms with Crippen LogP contribution in [0.25, 0.3) is 11.1 Å². The van der Waals surface area contributed by atoms with E-state index in [-0.39, 0.29) is 5.41 Å². The summed E-state index contributed by atoms with van der Waals surface area (Å²) in [6.07, 6.45) is 9.30. The van der Waals surface area contributed by atoms with E-state index in [4.69, 9.17) is 4.98 Å². The molecule has 2 rings (SSSR count). The van der Waals surface area contributed by atoms with Crippen molar-refractivity contribution in [1.82, 2.24) is 4.98 Å². The zero-order chi connectivity index (χ0) is 21.9. The molecule has 0 saturated carbocycles. The summed E-state index contributed by atoms with van der Waals surface area (Å²) < 4.78 is 0. The third-order valence-electron chi connectivity index (χ3n) is 4.74. The van der Waals surface area contributed by atoms with E-state index in [9.17, 15) is 0 Å². The van der Waals surface area contributed by atoms with E-state index in [1.807, 2.05) is 43.3 Å². The van der Waals surface area contributed by atoms with Gasteiger partial charge >= 0.3 is 0 Å². The molecule has 1 aromatic heterocycles. The van der Waals surface area contributed by atoms with Crippen molar-refractivity contribution in [3.8, 4) is 0 Å². The van der Waals surface area contributed by atoms with Crippen LogP contribution >= 0.6 is 0 Å². The zero-order valence-corrected chi connectivity index (χ0v) is 19.3. The smallest absolute Gasteiger partial charge is 0.0708 e. The second-order valence-corrected chi connectivity index (χ2v) is 8.22. The van der Waals surface area contributed by atoms with Crippen molar-refractivity contribution in [1.29, 1.82) is 0 Å². The molecule has 154 valence electrons. The van der Waals surface area contributed by atoms with Gasteiger partial charge in [-0.15, -0.1) is 0 Å². The number of allylic oxidation sites excluding steroid dienone is 7. The Balaban J connectivity index is 0.000000502. The number of aromatic nitrogens is 1. The van der Waals surface area contributed by atoms with Crippen LogP contribution in [0.15, 0.2) is 85.0 Å². The summed E-state index contributed by atoms with van der Waals surface area (Å²) >= 11 is 0. The van der Waals surface area contributed by atoms with Crippen molar-refractivity contribution in [2.24, 2.45) is 5.41 Å². The fourth-order valence-corrected chi connectivity index (χ4v) is 2.57. The minimum Gasteiger partial charge on any atom is -0.248 e. The van der Waals surface area contributed by atoms with Gasteiger partial charge in [0.15, 0.2) is 0 Å². The van der Waals surface area contributed by atoms with Gasteiger partial charge in [0.05, 0.1) is 11.4 Å². The Hall–Kier alpha value is -2.67. The van der Waals surface area contributed by atoms with Crippen LogP contribution < -0.4 is 0 Å². The minimum atomic E-state index is 0.0239. The normalized spacial score (nSPS) is 12.5. The molecule has 0 N–H and O–H groups in total. The largest absolute Gasteiger partial charge is 0.248 e. The van der Waals surface area contributed by atoms with Gasteiger partial charge in [0.2, 0.25) is 0 Å². The van der Waals surface area contributed by atoms with Crippen LogP contribution in [0.5, 0.6) is 0 Å². The zero-order valence-electron chi connectivity index (χ0n) is 19.3. The molecule has 0 spiro atoms. The standard InChI is InChI=1S/C21H29N.C7H8/c1-8-10-11-13-18(16(3)9-2)20-15-12-14-19(22-20)17(4)21(5,6)7;1-7-5-3-2-4-6-7/h8,10-15H,4,9H2,1-3,5-7H3;2-6H,1H3/b10-8-,13-11-,18-16?;. The van der Waals surface area contributed by atoms with Crippen molar-refractivity contribution in [3.63, 3.8) is 0 Å². The molecule has 2 aromatic rings. The Bertz CT molecular complexity index is 859. The van der Waals surface area contributed by atoms with Crippen LogP contribution in [0.2, 0.25) is 0 Å². The lowest BCUT2D eigenvalue weighted by molar-refractivity contribution is 0.566. The number of nitrogens with zero attached hydrogens (tertiary/aromatic N) is 1. The maximum Gasteiger partial charge on any atom is 0.0708 e. The quantitative estimate of drug-likeness (QED) is 0.469. The molecule has 0 bridgehead atoms. The molecule has 0 radical (unpaired) electrons. The Morgan fingerprint density at radius 3 is 2.07 bits per heavy atom. The molecule has 0 saturated heterocycles. The predicted octanol–water partition coefficient (Wildman–Crippen LogP) is 8.45. The van der Waals surface area contributed by atoms with Crippen molar-refractivity contribution in [2.45, 2.75) is 54.9 Å². The molecule has 29 heavy (non-hydrogen) atoms. The van der Waals surface area contributed by atoms with Crippen LogP contribution in [0.1, 0.15) is 64.9 Å². The minimum absolute atomic E-state index is 0.0239. The maximum absolute atomic E-state index is 4.85. The van der Waals surface area contributed by atoms with E-state index in [0.29, 0.717) is 0 Å². The lowest BCUT2D eigenvalue weighted by Gasteiger charge is -2.21. The predicted molar refractivity (Wildman–Crippen MR) is 131 cm³/mol. The van der Waals surface area contributed by atoms with Crippen LogP contribution in [-0.4, -0.2) is 4.98 Å². The number of aryl methyl sites for hydroxylation is 1. The molecular formula is C28H37N. The second-order valence-electron chi connectivity index (χ2n) is 8.22. The van der Waals surface area contributed by atoms with Crippen molar-refractivity contribution >= 4 is 11.1 Å². The summed E-state index contributed by atoms with van der Waals surface area (Å²) in [7, 11) is 0. The number of benzene rings is 1. The van der Waals surface area contributed by atoms with Gasteiger partial charge in [-0.05, 0) is 55.9 Å². The third kappa shape index (κ3) is 8.48. The van der Waals surface area contributed by atoms with E-state index in [1.54, 1.807) is 0 Å². The van der Waals surface area contributed by atoms with Crippen LogP contribution in [-0.2, 0) is 0 Å². The monoisotopic (exact) mass is 387 g/mol. The number of hydrogen-bond donors (Lipinski definition) is 0. The van der Waals surface area contributed by atoms with Crippen LogP contribution in [0.3, 0.4) is 0 Å². The fourth-order valence-electron chi connectivity index (χ4n) is 2.57. The molecular weight excluding hydrogens is 350 g/mol. The maximum atomic E-state index is 4.85. The highest BCUT2D eigenvalue weighted by molar-refractivity contribution is 5.76. The first-order valence-corrected chi connectivity index (χ1v) is 10.4. The molecule has 0 fully saturated rings. The number of hydrogen-bond acceptors (Lipinski definition) is 1. The van der Waals surface area contributed by atoms with Gasteiger partial charge in [-0.25, -0.2) is 4.98 Å².